The average Bonchev–Trinajstić information content (AvgIpc) is 2.69. The zero-order valence-electron chi connectivity index (χ0n) is 9.75. The summed E-state index contributed by atoms with van der Waals surface area (Å²) in [5.41, 5.74) is 0. The van der Waals surface area contributed by atoms with Gasteiger partial charge in [0.15, 0.2) is 0 Å². The lowest BCUT2D eigenvalue weighted by molar-refractivity contribution is 0.175. The molecular formula is C13H21NS. The van der Waals surface area contributed by atoms with Crippen LogP contribution in [0.3, 0.4) is 0 Å². The SMILES string of the molecule is CCc1ccc(CC2CCC2CNC)s1. The quantitative estimate of drug-likeness (QED) is 0.809. The molecule has 0 radical (unpaired) electrons. The number of hydrogen-bond acceptors (Lipinski definition) is 2. The lowest BCUT2D eigenvalue weighted by Gasteiger charge is -2.36. The zero-order valence-corrected chi connectivity index (χ0v) is 10.6. The van der Waals surface area contributed by atoms with E-state index in [2.05, 4.69) is 31.4 Å². The molecule has 15 heavy (non-hydrogen) atoms. The van der Waals surface area contributed by atoms with Crippen LogP contribution in [0.4, 0.5) is 0 Å². The van der Waals surface area contributed by atoms with E-state index in [1.165, 1.54) is 37.1 Å². The van der Waals surface area contributed by atoms with E-state index >= 15 is 0 Å². The Morgan fingerprint density at radius 3 is 2.53 bits per heavy atom. The van der Waals surface area contributed by atoms with Gasteiger partial charge in [0.2, 0.25) is 0 Å². The molecule has 1 nitrogen and oxygen atoms in total. The summed E-state index contributed by atoms with van der Waals surface area (Å²) in [5.74, 6) is 1.88. The predicted octanol–water partition coefficient (Wildman–Crippen LogP) is 3.10. The second-order valence-corrected chi connectivity index (χ2v) is 5.83. The van der Waals surface area contributed by atoms with Gasteiger partial charge in [-0.05, 0) is 63.2 Å². The molecule has 0 aliphatic heterocycles. The first-order valence-corrected chi connectivity index (χ1v) is 6.87. The van der Waals surface area contributed by atoms with Crippen LogP contribution in [0, 0.1) is 11.8 Å². The summed E-state index contributed by atoms with van der Waals surface area (Å²) in [6.07, 6.45) is 5.37. The van der Waals surface area contributed by atoms with Gasteiger partial charge in [0, 0.05) is 9.75 Å². The number of nitrogens with one attached hydrogen (secondary N) is 1. The Labute approximate surface area is 96.9 Å². The lowest BCUT2D eigenvalue weighted by Crippen LogP contribution is -2.34. The minimum atomic E-state index is 0.933. The molecule has 1 aromatic rings. The van der Waals surface area contributed by atoms with Crippen LogP contribution in [0.25, 0.3) is 0 Å². The molecule has 2 unspecified atom stereocenters. The minimum Gasteiger partial charge on any atom is -0.319 e. The number of aryl methyl sites for hydroxylation is 1. The van der Waals surface area contributed by atoms with E-state index in [9.17, 15) is 0 Å². The molecule has 0 bridgehead atoms. The molecule has 84 valence electrons. The van der Waals surface area contributed by atoms with Crippen molar-refractivity contribution >= 4 is 11.3 Å². The highest BCUT2D eigenvalue weighted by molar-refractivity contribution is 7.11. The van der Waals surface area contributed by atoms with Crippen molar-refractivity contribution in [2.45, 2.75) is 32.6 Å². The van der Waals surface area contributed by atoms with Gasteiger partial charge in [-0.3, -0.25) is 0 Å². The van der Waals surface area contributed by atoms with Crippen molar-refractivity contribution in [1.82, 2.24) is 5.32 Å². The average molecular weight is 223 g/mol. The molecule has 0 saturated heterocycles. The van der Waals surface area contributed by atoms with Crippen molar-refractivity contribution in [3.8, 4) is 0 Å². The van der Waals surface area contributed by atoms with Crippen LogP contribution in [-0.2, 0) is 12.8 Å². The van der Waals surface area contributed by atoms with Crippen molar-refractivity contribution in [3.05, 3.63) is 21.9 Å². The summed E-state index contributed by atoms with van der Waals surface area (Å²) in [7, 11) is 2.07. The van der Waals surface area contributed by atoms with Crippen molar-refractivity contribution < 1.29 is 0 Å². The van der Waals surface area contributed by atoms with Gasteiger partial charge >= 0.3 is 0 Å². The van der Waals surface area contributed by atoms with Crippen LogP contribution >= 0.6 is 11.3 Å². The maximum atomic E-state index is 3.31. The highest BCUT2D eigenvalue weighted by Gasteiger charge is 2.30. The monoisotopic (exact) mass is 223 g/mol. The van der Waals surface area contributed by atoms with Crippen molar-refractivity contribution in [2.24, 2.45) is 11.8 Å². The van der Waals surface area contributed by atoms with E-state index in [1.807, 2.05) is 11.3 Å². The van der Waals surface area contributed by atoms with Crippen molar-refractivity contribution in [2.75, 3.05) is 13.6 Å². The standard InChI is InChI=1S/C13H21NS/c1-3-12-6-7-13(15-12)8-10-4-5-11(10)9-14-2/h6-7,10-11,14H,3-5,8-9H2,1-2H3. The molecule has 1 aromatic heterocycles. The highest BCUT2D eigenvalue weighted by Crippen LogP contribution is 2.37. The largest absolute Gasteiger partial charge is 0.319 e. The third kappa shape index (κ3) is 2.61. The van der Waals surface area contributed by atoms with Crippen LogP contribution in [0.2, 0.25) is 0 Å². The molecule has 0 amide bonds. The lowest BCUT2D eigenvalue weighted by atomic mass is 9.71. The minimum absolute atomic E-state index is 0.933. The first-order chi connectivity index (χ1) is 7.33. The van der Waals surface area contributed by atoms with E-state index in [1.54, 1.807) is 4.88 Å². The molecule has 1 fully saturated rings. The molecule has 1 aliphatic rings. The fraction of sp³-hybridized carbons (Fsp3) is 0.692. The smallest absolute Gasteiger partial charge is 0.00510 e. The first kappa shape index (κ1) is 11.2. The third-order valence-corrected chi connectivity index (χ3v) is 4.82. The molecular weight excluding hydrogens is 202 g/mol. The van der Waals surface area contributed by atoms with Gasteiger partial charge in [-0.1, -0.05) is 6.92 Å². The Bertz CT molecular complexity index is 305. The Morgan fingerprint density at radius 1 is 1.27 bits per heavy atom. The van der Waals surface area contributed by atoms with E-state index in [-0.39, 0.29) is 0 Å². The molecule has 1 aliphatic carbocycles. The van der Waals surface area contributed by atoms with E-state index < -0.39 is 0 Å². The van der Waals surface area contributed by atoms with E-state index in [4.69, 9.17) is 0 Å². The summed E-state index contributed by atoms with van der Waals surface area (Å²) in [4.78, 5) is 3.13. The maximum Gasteiger partial charge on any atom is 0.00510 e. The Kier molecular flexibility index (Phi) is 3.81. The van der Waals surface area contributed by atoms with Crippen LogP contribution in [0.5, 0.6) is 0 Å². The Hall–Kier alpha value is -0.340. The molecule has 1 N–H and O–H groups in total. The van der Waals surface area contributed by atoms with Gasteiger partial charge in [-0.15, -0.1) is 11.3 Å². The molecule has 0 spiro atoms. The van der Waals surface area contributed by atoms with Crippen LogP contribution in [-0.4, -0.2) is 13.6 Å². The zero-order chi connectivity index (χ0) is 10.7. The van der Waals surface area contributed by atoms with E-state index in [0.717, 1.165) is 11.8 Å². The fourth-order valence-corrected chi connectivity index (χ4v) is 3.47. The van der Waals surface area contributed by atoms with Gasteiger partial charge in [0.25, 0.3) is 0 Å². The molecule has 1 saturated carbocycles. The molecule has 2 atom stereocenters. The maximum absolute atomic E-state index is 3.31. The molecule has 0 aromatic carbocycles. The first-order valence-electron chi connectivity index (χ1n) is 6.05. The second-order valence-electron chi connectivity index (χ2n) is 4.58. The van der Waals surface area contributed by atoms with Gasteiger partial charge in [-0.25, -0.2) is 0 Å². The van der Waals surface area contributed by atoms with Gasteiger partial charge in [0.05, 0.1) is 0 Å². The van der Waals surface area contributed by atoms with Crippen LogP contribution in [0.15, 0.2) is 12.1 Å². The fourth-order valence-electron chi connectivity index (χ4n) is 2.42. The molecule has 2 rings (SSSR count). The summed E-state index contributed by atoms with van der Waals surface area (Å²) >= 11 is 2.01. The second kappa shape index (κ2) is 5.13. The van der Waals surface area contributed by atoms with Crippen molar-refractivity contribution in [3.63, 3.8) is 0 Å². The Balaban J connectivity index is 1.86. The van der Waals surface area contributed by atoms with Gasteiger partial charge in [-0.2, -0.15) is 0 Å². The summed E-state index contributed by atoms with van der Waals surface area (Å²) in [6, 6.07) is 4.63. The third-order valence-electron chi connectivity index (χ3n) is 3.57. The number of thiophene rings is 1. The van der Waals surface area contributed by atoms with Gasteiger partial charge in [0.1, 0.15) is 0 Å². The Morgan fingerprint density at radius 2 is 2.00 bits per heavy atom. The molecule has 1 heterocycles. The summed E-state index contributed by atoms with van der Waals surface area (Å²) in [6.45, 7) is 3.44. The summed E-state index contributed by atoms with van der Waals surface area (Å²) < 4.78 is 0. The van der Waals surface area contributed by atoms with E-state index in [0.29, 0.717) is 0 Å². The van der Waals surface area contributed by atoms with Crippen LogP contribution in [0.1, 0.15) is 29.5 Å². The topological polar surface area (TPSA) is 12.0 Å². The summed E-state index contributed by atoms with van der Waals surface area (Å²) in [5, 5.41) is 3.31. The van der Waals surface area contributed by atoms with Crippen LogP contribution < -0.4 is 5.32 Å². The van der Waals surface area contributed by atoms with Crippen molar-refractivity contribution in [1.29, 1.82) is 0 Å². The molecule has 2 heteroatoms. The predicted molar refractivity (Wildman–Crippen MR) is 67.5 cm³/mol. The number of rotatable bonds is 5. The van der Waals surface area contributed by atoms with Gasteiger partial charge < -0.3 is 5.32 Å². The normalized spacial score (nSPS) is 25.2. The number of hydrogen-bond donors (Lipinski definition) is 1. The highest BCUT2D eigenvalue weighted by atomic mass is 32.1.